The Morgan fingerprint density at radius 1 is 1.13 bits per heavy atom. The van der Waals surface area contributed by atoms with Crippen LogP contribution < -0.4 is 5.32 Å². The molecule has 6 nitrogen and oxygen atoms in total. The number of carbonyl (C=O) groups excluding carboxylic acids is 2. The van der Waals surface area contributed by atoms with E-state index in [0.29, 0.717) is 19.4 Å². The fourth-order valence-electron chi connectivity index (χ4n) is 3.99. The molecular weight excluding hydrogens is 392 g/mol. The van der Waals surface area contributed by atoms with E-state index in [2.05, 4.69) is 11.9 Å². The number of amides is 2. The van der Waals surface area contributed by atoms with E-state index in [-0.39, 0.29) is 37.4 Å². The van der Waals surface area contributed by atoms with Crippen LogP contribution in [-0.2, 0) is 22.6 Å². The van der Waals surface area contributed by atoms with Crippen molar-refractivity contribution in [1.29, 1.82) is 0 Å². The number of carbonyl (C=O) groups is 2. The van der Waals surface area contributed by atoms with Crippen molar-refractivity contribution < 1.29 is 19.8 Å². The first kappa shape index (κ1) is 22.7. The van der Waals surface area contributed by atoms with E-state index < -0.39 is 12.0 Å². The summed E-state index contributed by atoms with van der Waals surface area (Å²) in [6, 6.07) is 16.7. The van der Waals surface area contributed by atoms with Crippen molar-refractivity contribution in [3.63, 3.8) is 0 Å². The minimum Gasteiger partial charge on any atom is -0.394 e. The highest BCUT2D eigenvalue weighted by molar-refractivity contribution is 5.86. The standard InChI is InChI=1S/C25H30N2O4/c1-2-8-20(25(31)26-15-23(29)18-9-4-3-5-10-18)14-24(30)27-16-21-12-7-6-11-19(21)13-22(27)17-28/h2-7,9-12,20,22-23,28-29H,1,8,13-17H2,(H,26,31)/t20-,22+,23+/m1/s1. The molecule has 0 fully saturated rings. The number of fused-ring (bicyclic) bond motifs is 1. The van der Waals surface area contributed by atoms with Crippen molar-refractivity contribution in [2.24, 2.45) is 5.92 Å². The number of aliphatic hydroxyl groups is 2. The molecule has 31 heavy (non-hydrogen) atoms. The number of nitrogens with one attached hydrogen (secondary N) is 1. The van der Waals surface area contributed by atoms with Crippen LogP contribution in [0.2, 0.25) is 0 Å². The molecule has 0 radical (unpaired) electrons. The van der Waals surface area contributed by atoms with E-state index in [0.717, 1.165) is 16.7 Å². The zero-order valence-corrected chi connectivity index (χ0v) is 17.6. The Morgan fingerprint density at radius 3 is 2.48 bits per heavy atom. The third kappa shape index (κ3) is 5.81. The van der Waals surface area contributed by atoms with E-state index in [1.807, 2.05) is 42.5 Å². The van der Waals surface area contributed by atoms with Crippen molar-refractivity contribution in [3.05, 3.63) is 83.9 Å². The average molecular weight is 423 g/mol. The summed E-state index contributed by atoms with van der Waals surface area (Å²) in [7, 11) is 0. The maximum absolute atomic E-state index is 13.1. The molecule has 3 N–H and O–H groups in total. The van der Waals surface area contributed by atoms with Gasteiger partial charge in [-0.3, -0.25) is 9.59 Å². The van der Waals surface area contributed by atoms with Crippen LogP contribution in [0.3, 0.4) is 0 Å². The van der Waals surface area contributed by atoms with Gasteiger partial charge in [0.05, 0.1) is 24.7 Å². The molecule has 0 unspecified atom stereocenters. The minimum atomic E-state index is -0.817. The SMILES string of the molecule is C=CC[C@H](CC(=O)N1Cc2ccccc2C[C@H]1CO)C(=O)NC[C@H](O)c1ccccc1. The number of allylic oxidation sites excluding steroid dienone is 1. The molecule has 6 heteroatoms. The van der Waals surface area contributed by atoms with Gasteiger partial charge in [0.1, 0.15) is 0 Å². The molecule has 2 aromatic rings. The Bertz CT molecular complexity index is 899. The molecule has 1 aliphatic rings. The third-order valence-corrected chi connectivity index (χ3v) is 5.78. The normalized spacial score (nSPS) is 17.4. The van der Waals surface area contributed by atoms with Gasteiger partial charge in [-0.1, -0.05) is 60.7 Å². The Morgan fingerprint density at radius 2 is 1.81 bits per heavy atom. The van der Waals surface area contributed by atoms with Crippen molar-refractivity contribution in [1.82, 2.24) is 10.2 Å². The summed E-state index contributed by atoms with van der Waals surface area (Å²) in [5, 5.41) is 22.9. The summed E-state index contributed by atoms with van der Waals surface area (Å²) >= 11 is 0. The van der Waals surface area contributed by atoms with Crippen LogP contribution >= 0.6 is 0 Å². The van der Waals surface area contributed by atoms with E-state index in [9.17, 15) is 19.8 Å². The van der Waals surface area contributed by atoms with Gasteiger partial charge in [0, 0.05) is 19.5 Å². The highest BCUT2D eigenvalue weighted by Gasteiger charge is 2.31. The Labute approximate surface area is 183 Å². The number of benzene rings is 2. The molecule has 1 heterocycles. The number of hydrogen-bond donors (Lipinski definition) is 3. The summed E-state index contributed by atoms with van der Waals surface area (Å²) < 4.78 is 0. The fraction of sp³-hybridized carbons (Fsp3) is 0.360. The lowest BCUT2D eigenvalue weighted by molar-refractivity contribution is -0.140. The van der Waals surface area contributed by atoms with Crippen LogP contribution in [0.4, 0.5) is 0 Å². The zero-order chi connectivity index (χ0) is 22.2. The second-order valence-electron chi connectivity index (χ2n) is 7.93. The van der Waals surface area contributed by atoms with E-state index in [1.54, 1.807) is 23.1 Å². The molecule has 3 atom stereocenters. The molecule has 3 rings (SSSR count). The second-order valence-corrected chi connectivity index (χ2v) is 7.93. The predicted octanol–water partition coefficient (Wildman–Crippen LogP) is 2.36. The molecule has 0 saturated heterocycles. The van der Waals surface area contributed by atoms with Crippen molar-refractivity contribution in [2.45, 2.75) is 38.0 Å². The van der Waals surface area contributed by atoms with Gasteiger partial charge in [0.25, 0.3) is 0 Å². The Hall–Kier alpha value is -2.96. The molecule has 164 valence electrons. The van der Waals surface area contributed by atoms with Crippen LogP contribution in [0, 0.1) is 5.92 Å². The Balaban J connectivity index is 1.62. The number of hydrogen-bond acceptors (Lipinski definition) is 4. The van der Waals surface area contributed by atoms with Crippen LogP contribution in [0.1, 0.15) is 35.6 Å². The lowest BCUT2D eigenvalue weighted by Gasteiger charge is -2.36. The van der Waals surface area contributed by atoms with Crippen LogP contribution in [0.25, 0.3) is 0 Å². The largest absolute Gasteiger partial charge is 0.394 e. The van der Waals surface area contributed by atoms with Crippen molar-refractivity contribution in [2.75, 3.05) is 13.2 Å². The van der Waals surface area contributed by atoms with Gasteiger partial charge in [-0.2, -0.15) is 0 Å². The lowest BCUT2D eigenvalue weighted by atomic mass is 9.92. The molecule has 1 aliphatic heterocycles. The van der Waals surface area contributed by atoms with Crippen molar-refractivity contribution in [3.8, 4) is 0 Å². The first-order valence-electron chi connectivity index (χ1n) is 10.6. The van der Waals surface area contributed by atoms with Gasteiger partial charge in [-0.15, -0.1) is 6.58 Å². The van der Waals surface area contributed by atoms with Crippen LogP contribution in [0.15, 0.2) is 67.3 Å². The predicted molar refractivity (Wildman–Crippen MR) is 119 cm³/mol. The van der Waals surface area contributed by atoms with Crippen molar-refractivity contribution >= 4 is 11.8 Å². The van der Waals surface area contributed by atoms with Gasteiger partial charge < -0.3 is 20.4 Å². The van der Waals surface area contributed by atoms with Gasteiger partial charge >= 0.3 is 0 Å². The zero-order valence-electron chi connectivity index (χ0n) is 17.6. The molecule has 0 aliphatic carbocycles. The lowest BCUT2D eigenvalue weighted by Crippen LogP contribution is -2.47. The minimum absolute atomic E-state index is 0.0257. The number of aliphatic hydroxyl groups excluding tert-OH is 2. The number of nitrogens with zero attached hydrogens (tertiary/aromatic N) is 1. The summed E-state index contributed by atoms with van der Waals surface area (Å²) in [6.45, 7) is 4.09. The first-order valence-corrected chi connectivity index (χ1v) is 10.6. The quantitative estimate of drug-likeness (QED) is 0.541. The molecule has 0 aromatic heterocycles. The smallest absolute Gasteiger partial charge is 0.224 e. The summed E-state index contributed by atoms with van der Waals surface area (Å²) in [5.74, 6) is -1.04. The molecule has 0 bridgehead atoms. The molecular formula is C25H30N2O4. The fourth-order valence-corrected chi connectivity index (χ4v) is 3.99. The van der Waals surface area contributed by atoms with E-state index in [1.165, 1.54) is 0 Å². The molecule has 2 aromatic carbocycles. The van der Waals surface area contributed by atoms with E-state index >= 15 is 0 Å². The van der Waals surface area contributed by atoms with Crippen LogP contribution in [-0.4, -0.2) is 46.1 Å². The average Bonchev–Trinajstić information content (AvgIpc) is 2.81. The van der Waals surface area contributed by atoms with Gasteiger partial charge in [-0.05, 0) is 29.5 Å². The summed E-state index contributed by atoms with van der Waals surface area (Å²) in [5.41, 5.74) is 2.93. The first-order chi connectivity index (χ1) is 15.0. The molecule has 2 amide bonds. The number of rotatable bonds is 9. The monoisotopic (exact) mass is 422 g/mol. The van der Waals surface area contributed by atoms with Gasteiger partial charge in [0.15, 0.2) is 0 Å². The highest BCUT2D eigenvalue weighted by atomic mass is 16.3. The van der Waals surface area contributed by atoms with Gasteiger partial charge in [0.2, 0.25) is 11.8 Å². The molecule has 0 spiro atoms. The topological polar surface area (TPSA) is 89.9 Å². The second kappa shape index (κ2) is 10.9. The maximum atomic E-state index is 13.1. The van der Waals surface area contributed by atoms with Crippen LogP contribution in [0.5, 0.6) is 0 Å². The maximum Gasteiger partial charge on any atom is 0.224 e. The molecule has 0 saturated carbocycles. The highest BCUT2D eigenvalue weighted by Crippen LogP contribution is 2.25. The summed E-state index contributed by atoms with van der Waals surface area (Å²) in [6.07, 6.45) is 1.79. The summed E-state index contributed by atoms with van der Waals surface area (Å²) in [4.78, 5) is 27.5. The Kier molecular flexibility index (Phi) is 7.98. The van der Waals surface area contributed by atoms with E-state index in [4.69, 9.17) is 0 Å². The third-order valence-electron chi connectivity index (χ3n) is 5.78. The van der Waals surface area contributed by atoms with Gasteiger partial charge in [-0.25, -0.2) is 0 Å².